The van der Waals surface area contributed by atoms with Crippen LogP contribution in [-0.4, -0.2) is 15.8 Å². The molecule has 0 aliphatic carbocycles. The maximum absolute atomic E-state index is 11.0. The normalized spacial score (nSPS) is 10.7. The Labute approximate surface area is 126 Å². The van der Waals surface area contributed by atoms with Gasteiger partial charge >= 0.3 is 0 Å². The first-order valence-electron chi connectivity index (χ1n) is 6.67. The Morgan fingerprint density at radius 3 is 2.76 bits per heavy atom. The smallest absolute Gasteiger partial charge is 0.231 e. The Hall–Kier alpha value is -2.27. The molecule has 0 aliphatic rings. The number of carbonyl (C=O) groups excluding carboxylic acids is 1. The lowest BCUT2D eigenvalue weighted by Crippen LogP contribution is -1.94. The van der Waals surface area contributed by atoms with Crippen molar-refractivity contribution in [2.75, 3.05) is 0 Å². The largest absolute Gasteiger partial charge is 0.438 e. The van der Waals surface area contributed by atoms with E-state index in [1.54, 1.807) is 18.3 Å². The maximum Gasteiger partial charge on any atom is 0.231 e. The van der Waals surface area contributed by atoms with Crippen molar-refractivity contribution in [1.29, 1.82) is 0 Å². The average Bonchev–Trinajstić information content (AvgIpc) is 2.96. The fourth-order valence-corrected chi connectivity index (χ4v) is 2.73. The van der Waals surface area contributed by atoms with Crippen LogP contribution in [0, 0.1) is 0 Å². The predicted molar refractivity (Wildman–Crippen MR) is 82.9 cm³/mol. The van der Waals surface area contributed by atoms with Gasteiger partial charge in [0.2, 0.25) is 5.88 Å². The third-order valence-electron chi connectivity index (χ3n) is 3.13. The van der Waals surface area contributed by atoms with Crippen LogP contribution in [0.3, 0.4) is 0 Å². The van der Waals surface area contributed by atoms with Crippen LogP contribution in [0.1, 0.15) is 18.9 Å². The van der Waals surface area contributed by atoms with Crippen molar-refractivity contribution >= 4 is 27.3 Å². The van der Waals surface area contributed by atoms with Crippen molar-refractivity contribution in [3.8, 4) is 11.6 Å². The van der Waals surface area contributed by atoms with Gasteiger partial charge in [0.1, 0.15) is 22.7 Å². The Bertz CT molecular complexity index is 765. The molecule has 0 radical (unpaired) electrons. The van der Waals surface area contributed by atoms with E-state index in [9.17, 15) is 4.79 Å². The number of hydrogen-bond acceptors (Lipinski definition) is 5. The summed E-state index contributed by atoms with van der Waals surface area (Å²) < 4.78 is 5.82. The van der Waals surface area contributed by atoms with E-state index < -0.39 is 0 Å². The molecule has 5 heteroatoms. The summed E-state index contributed by atoms with van der Waals surface area (Å²) in [7, 11) is 0. The van der Waals surface area contributed by atoms with Gasteiger partial charge in [-0.1, -0.05) is 12.1 Å². The Kier molecular flexibility index (Phi) is 3.92. The summed E-state index contributed by atoms with van der Waals surface area (Å²) in [5.74, 6) is 1.50. The van der Waals surface area contributed by atoms with Crippen LogP contribution >= 0.6 is 11.3 Å². The van der Waals surface area contributed by atoms with Crippen molar-refractivity contribution in [2.45, 2.75) is 19.8 Å². The zero-order valence-corrected chi connectivity index (χ0v) is 12.4. The first-order valence-corrected chi connectivity index (χ1v) is 7.55. The number of aryl methyl sites for hydroxylation is 1. The van der Waals surface area contributed by atoms with Crippen molar-refractivity contribution in [3.63, 3.8) is 0 Å². The van der Waals surface area contributed by atoms with Gasteiger partial charge in [0.05, 0.1) is 5.39 Å². The van der Waals surface area contributed by atoms with Crippen molar-refractivity contribution in [3.05, 3.63) is 47.6 Å². The molecule has 0 unspecified atom stereocenters. The number of ketones is 1. The summed E-state index contributed by atoms with van der Waals surface area (Å²) in [5.41, 5.74) is 1.13. The van der Waals surface area contributed by atoms with Gasteiger partial charge in [0.25, 0.3) is 0 Å². The molecule has 4 nitrogen and oxygen atoms in total. The van der Waals surface area contributed by atoms with E-state index in [0.717, 1.165) is 28.0 Å². The summed E-state index contributed by atoms with van der Waals surface area (Å²) in [4.78, 5) is 20.3. The number of nitrogens with zero attached hydrogens (tertiary/aromatic N) is 2. The van der Waals surface area contributed by atoms with Crippen molar-refractivity contribution < 1.29 is 9.53 Å². The maximum atomic E-state index is 11.0. The van der Waals surface area contributed by atoms with E-state index in [-0.39, 0.29) is 5.78 Å². The second-order valence-corrected chi connectivity index (χ2v) is 5.66. The fourth-order valence-electron chi connectivity index (χ4n) is 2.00. The number of fused-ring (bicyclic) bond motifs is 1. The summed E-state index contributed by atoms with van der Waals surface area (Å²) in [6, 6.07) is 9.71. The van der Waals surface area contributed by atoms with Crippen LogP contribution in [0.2, 0.25) is 0 Å². The molecule has 2 heterocycles. The molecule has 0 atom stereocenters. The third-order valence-corrected chi connectivity index (χ3v) is 3.95. The molecule has 0 saturated carbocycles. The highest BCUT2D eigenvalue weighted by molar-refractivity contribution is 7.16. The fraction of sp³-hybridized carbons (Fsp3) is 0.188. The second-order valence-electron chi connectivity index (χ2n) is 4.77. The highest BCUT2D eigenvalue weighted by Gasteiger charge is 2.07. The number of rotatable bonds is 5. The lowest BCUT2D eigenvalue weighted by Gasteiger charge is -2.06. The summed E-state index contributed by atoms with van der Waals surface area (Å²) in [6.45, 7) is 1.61. The van der Waals surface area contributed by atoms with E-state index in [0.29, 0.717) is 12.3 Å². The SMILES string of the molecule is CC(=O)CCc1ccc(Oc2ncnc3sccc23)cc1. The molecule has 0 aliphatic heterocycles. The minimum atomic E-state index is 0.205. The van der Waals surface area contributed by atoms with Gasteiger partial charge in [-0.25, -0.2) is 9.97 Å². The molecule has 0 amide bonds. The van der Waals surface area contributed by atoms with Gasteiger partial charge < -0.3 is 9.53 Å². The lowest BCUT2D eigenvalue weighted by atomic mass is 10.1. The van der Waals surface area contributed by atoms with Gasteiger partial charge in [0, 0.05) is 6.42 Å². The van der Waals surface area contributed by atoms with Crippen LogP contribution in [-0.2, 0) is 11.2 Å². The second kappa shape index (κ2) is 6.01. The number of hydrogen-bond donors (Lipinski definition) is 0. The molecule has 0 fully saturated rings. The quantitative estimate of drug-likeness (QED) is 0.714. The Morgan fingerprint density at radius 2 is 2.00 bits per heavy atom. The minimum Gasteiger partial charge on any atom is -0.438 e. The van der Waals surface area contributed by atoms with E-state index in [1.165, 1.54) is 6.33 Å². The molecule has 0 saturated heterocycles. The van der Waals surface area contributed by atoms with Crippen LogP contribution in [0.4, 0.5) is 0 Å². The Morgan fingerprint density at radius 1 is 1.19 bits per heavy atom. The van der Waals surface area contributed by atoms with Crippen LogP contribution in [0.25, 0.3) is 10.2 Å². The molecule has 0 spiro atoms. The number of ether oxygens (including phenoxy) is 1. The summed E-state index contributed by atoms with van der Waals surface area (Å²) in [6.07, 6.45) is 2.84. The first-order chi connectivity index (χ1) is 10.2. The molecule has 2 aromatic heterocycles. The van der Waals surface area contributed by atoms with Crippen LogP contribution in [0.15, 0.2) is 42.0 Å². The lowest BCUT2D eigenvalue weighted by molar-refractivity contribution is -0.116. The Balaban J connectivity index is 1.76. The molecule has 3 aromatic rings. The summed E-state index contributed by atoms with van der Waals surface area (Å²) in [5, 5.41) is 2.89. The minimum absolute atomic E-state index is 0.205. The number of carbonyl (C=O) groups is 1. The first kappa shape index (κ1) is 13.7. The van der Waals surface area contributed by atoms with E-state index in [1.807, 2.05) is 35.7 Å². The van der Waals surface area contributed by atoms with Crippen molar-refractivity contribution in [1.82, 2.24) is 9.97 Å². The van der Waals surface area contributed by atoms with Gasteiger partial charge in [-0.05, 0) is 42.5 Å². The number of Topliss-reactive ketones (excluding diaryl/α,β-unsaturated/α-hetero) is 1. The monoisotopic (exact) mass is 298 g/mol. The number of benzene rings is 1. The third kappa shape index (κ3) is 3.25. The number of thiophene rings is 1. The van der Waals surface area contributed by atoms with Gasteiger partial charge in [-0.2, -0.15) is 0 Å². The molecular weight excluding hydrogens is 284 g/mol. The summed E-state index contributed by atoms with van der Waals surface area (Å²) >= 11 is 1.56. The molecular formula is C16H14N2O2S. The molecule has 0 N–H and O–H groups in total. The zero-order valence-electron chi connectivity index (χ0n) is 11.6. The standard InChI is InChI=1S/C16H14N2O2S/c1-11(19)2-3-12-4-6-13(7-5-12)20-15-14-8-9-21-16(14)18-10-17-15/h4-10H,2-3H2,1H3. The van der Waals surface area contributed by atoms with Gasteiger partial charge in [-0.3, -0.25) is 0 Å². The highest BCUT2D eigenvalue weighted by Crippen LogP contribution is 2.29. The van der Waals surface area contributed by atoms with Crippen molar-refractivity contribution in [2.24, 2.45) is 0 Å². The van der Waals surface area contributed by atoms with E-state index in [2.05, 4.69) is 9.97 Å². The van der Waals surface area contributed by atoms with Gasteiger partial charge in [0.15, 0.2) is 0 Å². The molecule has 3 rings (SSSR count). The molecule has 106 valence electrons. The van der Waals surface area contributed by atoms with Crippen LogP contribution in [0.5, 0.6) is 11.6 Å². The van der Waals surface area contributed by atoms with Gasteiger partial charge in [-0.15, -0.1) is 11.3 Å². The van der Waals surface area contributed by atoms with Crippen LogP contribution < -0.4 is 4.74 Å². The average molecular weight is 298 g/mol. The molecule has 1 aromatic carbocycles. The van der Waals surface area contributed by atoms with E-state index in [4.69, 9.17) is 4.74 Å². The predicted octanol–water partition coefficient (Wildman–Crippen LogP) is 4.01. The highest BCUT2D eigenvalue weighted by atomic mass is 32.1. The number of aromatic nitrogens is 2. The zero-order chi connectivity index (χ0) is 14.7. The molecule has 21 heavy (non-hydrogen) atoms. The van der Waals surface area contributed by atoms with E-state index >= 15 is 0 Å². The topological polar surface area (TPSA) is 52.1 Å². The molecule has 0 bridgehead atoms.